The largest absolute Gasteiger partial charge is 0.487 e. The SMILES string of the molecule is COCC(C)Oc1ccc(C)nc1. The molecule has 0 spiro atoms. The molecule has 3 nitrogen and oxygen atoms in total. The van der Waals surface area contributed by atoms with Gasteiger partial charge in [0.1, 0.15) is 11.9 Å². The van der Waals surface area contributed by atoms with Gasteiger partial charge in [0.25, 0.3) is 0 Å². The summed E-state index contributed by atoms with van der Waals surface area (Å²) in [7, 11) is 1.66. The third-order valence-electron chi connectivity index (χ3n) is 1.62. The lowest BCUT2D eigenvalue weighted by Crippen LogP contribution is -2.17. The summed E-state index contributed by atoms with van der Waals surface area (Å²) in [5.41, 5.74) is 0.992. The van der Waals surface area contributed by atoms with Crippen LogP contribution >= 0.6 is 0 Å². The number of pyridine rings is 1. The summed E-state index contributed by atoms with van der Waals surface area (Å²) in [4.78, 5) is 4.13. The third-order valence-corrected chi connectivity index (χ3v) is 1.62. The van der Waals surface area contributed by atoms with Crippen LogP contribution in [0.1, 0.15) is 12.6 Å². The van der Waals surface area contributed by atoms with E-state index in [0.717, 1.165) is 11.4 Å². The number of hydrogen-bond donors (Lipinski definition) is 0. The van der Waals surface area contributed by atoms with E-state index in [2.05, 4.69) is 4.98 Å². The number of aromatic nitrogens is 1. The van der Waals surface area contributed by atoms with Gasteiger partial charge in [-0.3, -0.25) is 4.98 Å². The average molecular weight is 181 g/mol. The summed E-state index contributed by atoms with van der Waals surface area (Å²) in [6.45, 7) is 4.50. The van der Waals surface area contributed by atoms with E-state index >= 15 is 0 Å². The van der Waals surface area contributed by atoms with Crippen LogP contribution in [-0.4, -0.2) is 24.8 Å². The van der Waals surface area contributed by atoms with Crippen LogP contribution in [0.2, 0.25) is 0 Å². The molecule has 0 N–H and O–H groups in total. The molecule has 0 fully saturated rings. The Balaban J connectivity index is 2.49. The Bertz CT molecular complexity index is 246. The molecule has 3 heteroatoms. The van der Waals surface area contributed by atoms with Crippen LogP contribution in [0.4, 0.5) is 0 Å². The maximum atomic E-state index is 5.52. The Kier molecular flexibility index (Phi) is 3.71. The molecule has 1 unspecified atom stereocenters. The molecule has 0 aliphatic heterocycles. The van der Waals surface area contributed by atoms with Gasteiger partial charge in [0.05, 0.1) is 12.8 Å². The van der Waals surface area contributed by atoms with E-state index in [0.29, 0.717) is 6.61 Å². The summed E-state index contributed by atoms with van der Waals surface area (Å²) >= 11 is 0. The number of nitrogens with zero attached hydrogens (tertiary/aromatic N) is 1. The molecule has 0 bridgehead atoms. The number of rotatable bonds is 4. The van der Waals surface area contributed by atoms with Gasteiger partial charge in [0.2, 0.25) is 0 Å². The fourth-order valence-corrected chi connectivity index (χ4v) is 1.02. The van der Waals surface area contributed by atoms with Crippen molar-refractivity contribution in [3.05, 3.63) is 24.0 Å². The molecule has 0 radical (unpaired) electrons. The van der Waals surface area contributed by atoms with Crippen LogP contribution in [0.3, 0.4) is 0 Å². The van der Waals surface area contributed by atoms with Gasteiger partial charge < -0.3 is 9.47 Å². The molecule has 1 rings (SSSR count). The zero-order chi connectivity index (χ0) is 9.68. The number of ether oxygens (including phenoxy) is 2. The van der Waals surface area contributed by atoms with Gasteiger partial charge in [-0.2, -0.15) is 0 Å². The third kappa shape index (κ3) is 3.42. The van der Waals surface area contributed by atoms with E-state index in [1.165, 1.54) is 0 Å². The van der Waals surface area contributed by atoms with Gasteiger partial charge in [-0.1, -0.05) is 0 Å². The molecule has 1 heterocycles. The van der Waals surface area contributed by atoms with E-state index < -0.39 is 0 Å². The fraction of sp³-hybridized carbons (Fsp3) is 0.500. The molecule has 0 aliphatic carbocycles. The van der Waals surface area contributed by atoms with Crippen molar-refractivity contribution in [3.63, 3.8) is 0 Å². The van der Waals surface area contributed by atoms with Gasteiger partial charge in [0.15, 0.2) is 0 Å². The van der Waals surface area contributed by atoms with Crippen LogP contribution in [-0.2, 0) is 4.74 Å². The highest BCUT2D eigenvalue weighted by molar-refractivity contribution is 5.19. The molecule has 0 aliphatic rings. The summed E-state index contributed by atoms with van der Waals surface area (Å²) in [5.74, 6) is 0.787. The Morgan fingerprint density at radius 1 is 1.46 bits per heavy atom. The monoisotopic (exact) mass is 181 g/mol. The first-order valence-electron chi connectivity index (χ1n) is 4.30. The second-order valence-electron chi connectivity index (χ2n) is 3.02. The summed E-state index contributed by atoms with van der Waals surface area (Å²) in [6, 6.07) is 3.84. The highest BCUT2D eigenvalue weighted by Crippen LogP contribution is 2.10. The maximum absolute atomic E-state index is 5.52. The van der Waals surface area contributed by atoms with Crippen molar-refractivity contribution in [3.8, 4) is 5.75 Å². The highest BCUT2D eigenvalue weighted by atomic mass is 16.5. The van der Waals surface area contributed by atoms with E-state index in [9.17, 15) is 0 Å². The van der Waals surface area contributed by atoms with Gasteiger partial charge in [-0.25, -0.2) is 0 Å². The quantitative estimate of drug-likeness (QED) is 0.709. The molecule has 0 aromatic carbocycles. The molecule has 1 atom stereocenters. The Morgan fingerprint density at radius 3 is 2.77 bits per heavy atom. The van der Waals surface area contributed by atoms with Crippen molar-refractivity contribution in [1.82, 2.24) is 4.98 Å². The predicted octanol–water partition coefficient (Wildman–Crippen LogP) is 1.80. The van der Waals surface area contributed by atoms with Gasteiger partial charge in [0, 0.05) is 12.8 Å². The molecular weight excluding hydrogens is 166 g/mol. The zero-order valence-electron chi connectivity index (χ0n) is 8.28. The summed E-state index contributed by atoms with van der Waals surface area (Å²) in [6.07, 6.45) is 1.79. The summed E-state index contributed by atoms with van der Waals surface area (Å²) in [5, 5.41) is 0. The van der Waals surface area contributed by atoms with Crippen molar-refractivity contribution >= 4 is 0 Å². The second kappa shape index (κ2) is 4.82. The molecule has 13 heavy (non-hydrogen) atoms. The highest BCUT2D eigenvalue weighted by Gasteiger charge is 2.02. The Labute approximate surface area is 78.7 Å². The lowest BCUT2D eigenvalue weighted by Gasteiger charge is -2.12. The minimum atomic E-state index is 0.0644. The van der Waals surface area contributed by atoms with Crippen molar-refractivity contribution in [2.75, 3.05) is 13.7 Å². The first kappa shape index (κ1) is 9.99. The van der Waals surface area contributed by atoms with Gasteiger partial charge in [-0.05, 0) is 26.0 Å². The number of methoxy groups -OCH3 is 1. The normalized spacial score (nSPS) is 12.5. The van der Waals surface area contributed by atoms with E-state index in [-0.39, 0.29) is 6.10 Å². The van der Waals surface area contributed by atoms with Gasteiger partial charge in [-0.15, -0.1) is 0 Å². The minimum absolute atomic E-state index is 0.0644. The number of hydrogen-bond acceptors (Lipinski definition) is 3. The first-order chi connectivity index (χ1) is 6.22. The van der Waals surface area contributed by atoms with Gasteiger partial charge >= 0.3 is 0 Å². The van der Waals surface area contributed by atoms with Crippen molar-refractivity contribution < 1.29 is 9.47 Å². The first-order valence-corrected chi connectivity index (χ1v) is 4.30. The van der Waals surface area contributed by atoms with Crippen LogP contribution < -0.4 is 4.74 Å². The van der Waals surface area contributed by atoms with Crippen molar-refractivity contribution in [2.45, 2.75) is 20.0 Å². The van der Waals surface area contributed by atoms with Crippen LogP contribution in [0.5, 0.6) is 5.75 Å². The van der Waals surface area contributed by atoms with Crippen LogP contribution in [0.25, 0.3) is 0 Å². The molecule has 1 aromatic heterocycles. The predicted molar refractivity (Wildman–Crippen MR) is 50.9 cm³/mol. The molecule has 72 valence electrons. The smallest absolute Gasteiger partial charge is 0.138 e. The topological polar surface area (TPSA) is 31.4 Å². The zero-order valence-corrected chi connectivity index (χ0v) is 8.28. The van der Waals surface area contributed by atoms with E-state index in [1.54, 1.807) is 13.3 Å². The lowest BCUT2D eigenvalue weighted by atomic mass is 10.3. The molecule has 1 aromatic rings. The van der Waals surface area contributed by atoms with Crippen molar-refractivity contribution in [2.24, 2.45) is 0 Å². The Morgan fingerprint density at radius 2 is 2.23 bits per heavy atom. The Hall–Kier alpha value is -1.09. The molecule has 0 saturated carbocycles. The van der Waals surface area contributed by atoms with Crippen LogP contribution in [0.15, 0.2) is 18.3 Å². The summed E-state index contributed by atoms with van der Waals surface area (Å²) < 4.78 is 10.5. The van der Waals surface area contributed by atoms with E-state index in [4.69, 9.17) is 9.47 Å². The van der Waals surface area contributed by atoms with Crippen LogP contribution in [0, 0.1) is 6.92 Å². The van der Waals surface area contributed by atoms with Crippen molar-refractivity contribution in [1.29, 1.82) is 0 Å². The fourth-order valence-electron chi connectivity index (χ4n) is 1.02. The van der Waals surface area contributed by atoms with E-state index in [1.807, 2.05) is 26.0 Å². The standard InChI is InChI=1S/C10H15NO2/c1-8-4-5-10(6-11-8)13-9(2)7-12-3/h4-6,9H,7H2,1-3H3. The number of aryl methyl sites for hydroxylation is 1. The minimum Gasteiger partial charge on any atom is -0.487 e. The second-order valence-corrected chi connectivity index (χ2v) is 3.02. The molecular formula is C10H15NO2. The maximum Gasteiger partial charge on any atom is 0.138 e. The molecule has 0 saturated heterocycles. The lowest BCUT2D eigenvalue weighted by molar-refractivity contribution is 0.0918. The average Bonchev–Trinajstić information content (AvgIpc) is 2.09. The molecule has 0 amide bonds.